The van der Waals surface area contributed by atoms with Crippen molar-refractivity contribution in [1.29, 1.82) is 0 Å². The Hall–Kier alpha value is -2.83. The van der Waals surface area contributed by atoms with Crippen molar-refractivity contribution in [1.82, 2.24) is 0 Å². The molecule has 0 bridgehead atoms. The highest BCUT2D eigenvalue weighted by atomic mass is 16.5. The number of rotatable bonds is 6. The molecule has 1 aromatic heterocycles. The van der Waals surface area contributed by atoms with Crippen molar-refractivity contribution < 1.29 is 23.5 Å². The van der Waals surface area contributed by atoms with E-state index in [2.05, 4.69) is 13.8 Å². The second kappa shape index (κ2) is 8.90. The molecule has 1 fully saturated rings. The van der Waals surface area contributed by atoms with Gasteiger partial charge in [-0.1, -0.05) is 12.1 Å². The SMILES string of the molecule is COc1ccc(-c2coc3cc(OCC[NH+]4C[C@H](C)O[C@@H](C)C4)ccc3c2=O)cc1. The predicted molar refractivity (Wildman–Crippen MR) is 116 cm³/mol. The van der Waals surface area contributed by atoms with Crippen molar-refractivity contribution in [3.8, 4) is 22.6 Å². The summed E-state index contributed by atoms with van der Waals surface area (Å²) in [5.74, 6) is 1.45. The van der Waals surface area contributed by atoms with Gasteiger partial charge in [0.05, 0.1) is 18.1 Å². The third kappa shape index (κ3) is 4.50. The van der Waals surface area contributed by atoms with E-state index in [0.29, 0.717) is 28.9 Å². The van der Waals surface area contributed by atoms with Crippen molar-refractivity contribution in [2.45, 2.75) is 26.1 Å². The molecular formula is C24H28NO5+. The Morgan fingerprint density at radius 1 is 1.03 bits per heavy atom. The van der Waals surface area contributed by atoms with Gasteiger partial charge >= 0.3 is 0 Å². The summed E-state index contributed by atoms with van der Waals surface area (Å²) in [6, 6.07) is 12.7. The number of morpholine rings is 1. The van der Waals surface area contributed by atoms with Crippen LogP contribution in [0.5, 0.6) is 11.5 Å². The molecular weight excluding hydrogens is 382 g/mol. The van der Waals surface area contributed by atoms with Crippen molar-refractivity contribution in [3.63, 3.8) is 0 Å². The monoisotopic (exact) mass is 410 g/mol. The molecule has 0 unspecified atom stereocenters. The Labute approximate surface area is 176 Å². The molecule has 158 valence electrons. The number of fused-ring (bicyclic) bond motifs is 1. The van der Waals surface area contributed by atoms with Crippen molar-refractivity contribution in [2.24, 2.45) is 0 Å². The molecule has 30 heavy (non-hydrogen) atoms. The van der Waals surface area contributed by atoms with Gasteiger partial charge in [-0.2, -0.15) is 0 Å². The number of ether oxygens (including phenoxy) is 3. The zero-order valence-electron chi connectivity index (χ0n) is 17.6. The Balaban J connectivity index is 1.46. The summed E-state index contributed by atoms with van der Waals surface area (Å²) in [4.78, 5) is 14.4. The zero-order chi connectivity index (χ0) is 21.1. The summed E-state index contributed by atoms with van der Waals surface area (Å²) in [5, 5.41) is 0.539. The number of benzene rings is 2. The molecule has 0 amide bonds. The lowest BCUT2D eigenvalue weighted by atomic mass is 10.1. The Kier molecular flexibility index (Phi) is 6.06. The van der Waals surface area contributed by atoms with Gasteiger partial charge in [-0.25, -0.2) is 0 Å². The smallest absolute Gasteiger partial charge is 0.200 e. The zero-order valence-corrected chi connectivity index (χ0v) is 17.6. The highest BCUT2D eigenvalue weighted by Crippen LogP contribution is 2.24. The first kappa shape index (κ1) is 20.4. The van der Waals surface area contributed by atoms with Crippen LogP contribution in [0.1, 0.15) is 13.8 Å². The third-order valence-corrected chi connectivity index (χ3v) is 5.49. The maximum Gasteiger partial charge on any atom is 0.200 e. The maximum atomic E-state index is 12.9. The normalized spacial score (nSPS) is 21.5. The standard InChI is InChI=1S/C24H27NO5/c1-16-13-25(14-17(2)30-16)10-11-28-20-8-9-21-23(12-20)29-15-22(24(21)26)18-4-6-19(27-3)7-5-18/h4-9,12,15-17H,10-11,13-14H2,1-3H3/p+1/t16-,17-/m0/s1. The van der Waals surface area contributed by atoms with Gasteiger partial charge in [0.2, 0.25) is 0 Å². The number of methoxy groups -OCH3 is 1. The van der Waals surface area contributed by atoms with Gasteiger partial charge in [-0.05, 0) is 43.7 Å². The fourth-order valence-corrected chi connectivity index (χ4v) is 4.07. The summed E-state index contributed by atoms with van der Waals surface area (Å²) >= 11 is 0. The molecule has 1 saturated heterocycles. The minimum atomic E-state index is -0.0614. The molecule has 1 N–H and O–H groups in total. The highest BCUT2D eigenvalue weighted by Gasteiger charge is 2.25. The second-order valence-corrected chi connectivity index (χ2v) is 7.88. The minimum Gasteiger partial charge on any atom is -0.497 e. The molecule has 0 radical (unpaired) electrons. The van der Waals surface area contributed by atoms with Crippen LogP contribution in [0, 0.1) is 0 Å². The summed E-state index contributed by atoms with van der Waals surface area (Å²) < 4.78 is 22.7. The van der Waals surface area contributed by atoms with Crippen LogP contribution >= 0.6 is 0 Å². The molecule has 6 heteroatoms. The molecule has 2 heterocycles. The lowest BCUT2D eigenvalue weighted by Gasteiger charge is -2.32. The van der Waals surface area contributed by atoms with E-state index in [9.17, 15) is 4.79 Å². The summed E-state index contributed by atoms with van der Waals surface area (Å²) in [5.41, 5.74) is 1.78. The molecule has 0 saturated carbocycles. The topological polar surface area (TPSA) is 62.3 Å². The van der Waals surface area contributed by atoms with Crippen LogP contribution in [-0.2, 0) is 4.74 Å². The molecule has 0 spiro atoms. The van der Waals surface area contributed by atoms with Gasteiger partial charge in [-0.3, -0.25) is 4.79 Å². The Morgan fingerprint density at radius 2 is 1.73 bits per heavy atom. The van der Waals surface area contributed by atoms with E-state index in [0.717, 1.165) is 30.9 Å². The van der Waals surface area contributed by atoms with Crippen LogP contribution in [0.25, 0.3) is 22.1 Å². The molecule has 0 aliphatic carbocycles. The number of hydrogen-bond acceptors (Lipinski definition) is 5. The fraction of sp³-hybridized carbons (Fsp3) is 0.375. The summed E-state index contributed by atoms with van der Waals surface area (Å²) in [7, 11) is 1.61. The molecule has 1 aliphatic heterocycles. The largest absolute Gasteiger partial charge is 0.497 e. The molecule has 4 rings (SSSR count). The average Bonchev–Trinajstić information content (AvgIpc) is 2.73. The van der Waals surface area contributed by atoms with Gasteiger partial charge in [0.25, 0.3) is 0 Å². The fourth-order valence-electron chi connectivity index (χ4n) is 4.07. The molecule has 6 nitrogen and oxygen atoms in total. The van der Waals surface area contributed by atoms with Gasteiger partial charge in [0, 0.05) is 6.07 Å². The lowest BCUT2D eigenvalue weighted by Crippen LogP contribution is -3.16. The first-order valence-corrected chi connectivity index (χ1v) is 10.4. The molecule has 1 aliphatic rings. The van der Waals surface area contributed by atoms with E-state index in [4.69, 9.17) is 18.6 Å². The first-order chi connectivity index (χ1) is 14.5. The Morgan fingerprint density at radius 3 is 2.43 bits per heavy atom. The summed E-state index contributed by atoms with van der Waals surface area (Å²) in [6.45, 7) is 7.73. The Bertz CT molecular complexity index is 1050. The number of nitrogens with one attached hydrogen (secondary N) is 1. The van der Waals surface area contributed by atoms with Crippen LogP contribution in [0.15, 0.2) is 57.9 Å². The van der Waals surface area contributed by atoms with Crippen molar-refractivity contribution in [3.05, 3.63) is 59.0 Å². The van der Waals surface area contributed by atoms with E-state index >= 15 is 0 Å². The van der Waals surface area contributed by atoms with E-state index in [-0.39, 0.29) is 17.6 Å². The van der Waals surface area contributed by atoms with Crippen LogP contribution in [0.4, 0.5) is 0 Å². The maximum absolute atomic E-state index is 12.9. The van der Waals surface area contributed by atoms with Crippen LogP contribution < -0.4 is 19.8 Å². The van der Waals surface area contributed by atoms with Crippen LogP contribution in [0.2, 0.25) is 0 Å². The van der Waals surface area contributed by atoms with Crippen LogP contribution in [-0.4, -0.2) is 45.6 Å². The molecule has 2 aromatic carbocycles. The second-order valence-electron chi connectivity index (χ2n) is 7.88. The third-order valence-electron chi connectivity index (χ3n) is 5.49. The molecule has 2 atom stereocenters. The van der Waals surface area contributed by atoms with E-state index in [1.807, 2.05) is 30.3 Å². The molecule has 3 aromatic rings. The van der Waals surface area contributed by atoms with Gasteiger partial charge in [0.1, 0.15) is 61.8 Å². The van der Waals surface area contributed by atoms with Crippen molar-refractivity contribution in [2.75, 3.05) is 33.4 Å². The average molecular weight is 410 g/mol. The number of quaternary nitrogens is 1. The van der Waals surface area contributed by atoms with E-state index < -0.39 is 0 Å². The number of hydrogen-bond donors (Lipinski definition) is 1. The first-order valence-electron chi connectivity index (χ1n) is 10.4. The van der Waals surface area contributed by atoms with Gasteiger partial charge in [0.15, 0.2) is 5.43 Å². The van der Waals surface area contributed by atoms with Gasteiger partial charge in [-0.15, -0.1) is 0 Å². The quantitative estimate of drug-likeness (QED) is 0.677. The summed E-state index contributed by atoms with van der Waals surface area (Å²) in [6.07, 6.45) is 2.06. The van der Waals surface area contributed by atoms with E-state index in [1.54, 1.807) is 19.2 Å². The van der Waals surface area contributed by atoms with E-state index in [1.165, 1.54) is 11.2 Å². The van der Waals surface area contributed by atoms with Crippen LogP contribution in [0.3, 0.4) is 0 Å². The van der Waals surface area contributed by atoms with Crippen molar-refractivity contribution >= 4 is 11.0 Å². The minimum absolute atomic E-state index is 0.0614. The van der Waals surface area contributed by atoms with Gasteiger partial charge < -0.3 is 23.5 Å². The lowest BCUT2D eigenvalue weighted by molar-refractivity contribution is -0.915. The highest BCUT2D eigenvalue weighted by molar-refractivity contribution is 5.82. The predicted octanol–water partition coefficient (Wildman–Crippen LogP) is 2.54.